The molecule has 1 aliphatic heterocycles. The van der Waals surface area contributed by atoms with Gasteiger partial charge < -0.3 is 15.0 Å². The molecule has 1 saturated heterocycles. The third kappa shape index (κ3) is 6.11. The van der Waals surface area contributed by atoms with Crippen molar-refractivity contribution in [2.24, 2.45) is 0 Å². The quantitative estimate of drug-likeness (QED) is 0.430. The first kappa shape index (κ1) is 27.2. The maximum Gasteiger partial charge on any atom is 0.340 e. The number of nitrogens with one attached hydrogen (secondary N) is 1. The molecule has 0 bridgehead atoms. The summed E-state index contributed by atoms with van der Waals surface area (Å²) in [5, 5.41) is 2.99. The number of benzene rings is 3. The van der Waals surface area contributed by atoms with E-state index in [-0.39, 0.29) is 21.5 Å². The lowest BCUT2D eigenvalue weighted by Gasteiger charge is -2.35. The summed E-state index contributed by atoms with van der Waals surface area (Å²) in [5.74, 6) is -1.29. The van der Waals surface area contributed by atoms with E-state index in [0.29, 0.717) is 26.2 Å². The Kier molecular flexibility index (Phi) is 8.20. The highest BCUT2D eigenvalue weighted by Gasteiger charge is 2.30. The number of rotatable bonds is 7. The van der Waals surface area contributed by atoms with Gasteiger partial charge in [0.15, 0.2) is 6.61 Å². The van der Waals surface area contributed by atoms with Gasteiger partial charge in [0.25, 0.3) is 5.91 Å². The minimum atomic E-state index is -3.86. The second kappa shape index (κ2) is 11.8. The van der Waals surface area contributed by atoms with E-state index in [0.717, 1.165) is 30.5 Å². The molecule has 5 rings (SSSR count). The van der Waals surface area contributed by atoms with Crippen molar-refractivity contribution < 1.29 is 22.7 Å². The van der Waals surface area contributed by atoms with Crippen LogP contribution in [-0.2, 0) is 26.0 Å². The average Bonchev–Trinajstić information content (AvgIpc) is 2.97. The maximum atomic E-state index is 13.4. The van der Waals surface area contributed by atoms with Crippen LogP contribution in [0.1, 0.15) is 40.4 Å². The van der Waals surface area contributed by atoms with Crippen molar-refractivity contribution in [2.45, 2.75) is 30.2 Å². The first-order valence-electron chi connectivity index (χ1n) is 13.0. The fourth-order valence-electron chi connectivity index (χ4n) is 5.14. The zero-order valence-corrected chi connectivity index (χ0v) is 23.0. The number of aryl methyl sites for hydroxylation is 1. The second-order valence-electron chi connectivity index (χ2n) is 9.66. The SMILES string of the molecule is O=C(COC(=O)c1cc(S(=O)(=O)N2CCN(c3ccccc3)CC2)ccc1Cl)NC1CCCc2ccccc21. The second-order valence-corrected chi connectivity index (χ2v) is 12.0. The van der Waals surface area contributed by atoms with E-state index in [1.807, 2.05) is 48.5 Å². The Morgan fingerprint density at radius 3 is 2.44 bits per heavy atom. The summed E-state index contributed by atoms with van der Waals surface area (Å²) in [6, 6.07) is 21.6. The summed E-state index contributed by atoms with van der Waals surface area (Å²) in [4.78, 5) is 27.5. The van der Waals surface area contributed by atoms with Gasteiger partial charge >= 0.3 is 5.97 Å². The third-order valence-corrected chi connectivity index (χ3v) is 9.42. The molecule has 0 saturated carbocycles. The van der Waals surface area contributed by atoms with E-state index < -0.39 is 28.5 Å². The van der Waals surface area contributed by atoms with Crippen LogP contribution in [0.3, 0.4) is 0 Å². The van der Waals surface area contributed by atoms with Crippen molar-refractivity contribution in [3.63, 3.8) is 0 Å². The molecule has 1 heterocycles. The molecule has 3 aromatic carbocycles. The first-order chi connectivity index (χ1) is 18.8. The number of halogens is 1. The summed E-state index contributed by atoms with van der Waals surface area (Å²) in [7, 11) is -3.86. The number of carbonyl (C=O) groups excluding carboxylic acids is 2. The molecule has 0 spiro atoms. The van der Waals surface area contributed by atoms with Crippen LogP contribution in [0.4, 0.5) is 5.69 Å². The highest BCUT2D eigenvalue weighted by atomic mass is 35.5. The Morgan fingerprint density at radius 1 is 0.949 bits per heavy atom. The third-order valence-electron chi connectivity index (χ3n) is 7.19. The molecule has 204 valence electrons. The zero-order valence-electron chi connectivity index (χ0n) is 21.4. The molecular weight excluding hydrogens is 538 g/mol. The number of ether oxygens (including phenoxy) is 1. The van der Waals surface area contributed by atoms with Gasteiger partial charge in [0.1, 0.15) is 0 Å². The summed E-state index contributed by atoms with van der Waals surface area (Å²) in [6.45, 7) is 1.22. The van der Waals surface area contributed by atoms with Gasteiger partial charge in [0.05, 0.1) is 21.5 Å². The van der Waals surface area contributed by atoms with E-state index in [1.165, 1.54) is 28.1 Å². The number of amides is 1. The van der Waals surface area contributed by atoms with Crippen LogP contribution in [0.25, 0.3) is 0 Å². The highest BCUT2D eigenvalue weighted by molar-refractivity contribution is 7.89. The Balaban J connectivity index is 1.21. The summed E-state index contributed by atoms with van der Waals surface area (Å²) in [6.07, 6.45) is 2.74. The molecular formula is C29H30ClN3O5S. The van der Waals surface area contributed by atoms with Crippen LogP contribution in [0, 0.1) is 0 Å². The normalized spacial score (nSPS) is 17.8. The van der Waals surface area contributed by atoms with Gasteiger partial charge in [-0.25, -0.2) is 13.2 Å². The lowest BCUT2D eigenvalue weighted by molar-refractivity contribution is -0.125. The van der Waals surface area contributed by atoms with Crippen molar-refractivity contribution in [1.29, 1.82) is 0 Å². The number of piperazine rings is 1. The van der Waals surface area contributed by atoms with Gasteiger partial charge in [-0.3, -0.25) is 4.79 Å². The Morgan fingerprint density at radius 2 is 1.67 bits per heavy atom. The number of sulfonamides is 1. The number of fused-ring (bicyclic) bond motifs is 1. The first-order valence-corrected chi connectivity index (χ1v) is 14.8. The lowest BCUT2D eigenvalue weighted by atomic mass is 9.88. The van der Waals surface area contributed by atoms with Crippen LogP contribution in [0.2, 0.25) is 5.02 Å². The molecule has 39 heavy (non-hydrogen) atoms. The predicted molar refractivity (Wildman–Crippen MR) is 149 cm³/mol. The summed E-state index contributed by atoms with van der Waals surface area (Å²) < 4.78 is 33.3. The summed E-state index contributed by atoms with van der Waals surface area (Å²) >= 11 is 6.22. The van der Waals surface area contributed by atoms with Crippen LogP contribution in [0.15, 0.2) is 77.7 Å². The molecule has 1 fully saturated rings. The number of hydrogen-bond acceptors (Lipinski definition) is 6. The smallest absolute Gasteiger partial charge is 0.340 e. The van der Waals surface area contributed by atoms with E-state index in [4.69, 9.17) is 16.3 Å². The molecule has 3 aromatic rings. The molecule has 0 aromatic heterocycles. The van der Waals surface area contributed by atoms with Crippen LogP contribution in [0.5, 0.6) is 0 Å². The van der Waals surface area contributed by atoms with Crippen molar-refractivity contribution >= 4 is 39.2 Å². The largest absolute Gasteiger partial charge is 0.452 e. The van der Waals surface area contributed by atoms with Gasteiger partial charge in [-0.1, -0.05) is 54.1 Å². The topological polar surface area (TPSA) is 96.0 Å². The monoisotopic (exact) mass is 567 g/mol. The molecule has 8 nitrogen and oxygen atoms in total. The summed E-state index contributed by atoms with van der Waals surface area (Å²) in [5.41, 5.74) is 3.23. The molecule has 10 heteroatoms. The van der Waals surface area contributed by atoms with Crippen molar-refractivity contribution in [1.82, 2.24) is 9.62 Å². The van der Waals surface area contributed by atoms with Crippen molar-refractivity contribution in [2.75, 3.05) is 37.7 Å². The molecule has 1 atom stereocenters. The molecule has 1 N–H and O–H groups in total. The number of anilines is 1. The maximum absolute atomic E-state index is 13.4. The molecule has 1 unspecified atom stereocenters. The molecule has 2 aliphatic rings. The number of para-hydroxylation sites is 1. The number of esters is 1. The van der Waals surface area contributed by atoms with Gasteiger partial charge in [0.2, 0.25) is 10.0 Å². The minimum Gasteiger partial charge on any atom is -0.452 e. The highest BCUT2D eigenvalue weighted by Crippen LogP contribution is 2.29. The molecule has 1 amide bonds. The number of hydrogen-bond donors (Lipinski definition) is 1. The van der Waals surface area contributed by atoms with Crippen LogP contribution >= 0.6 is 11.6 Å². The van der Waals surface area contributed by atoms with Crippen molar-refractivity contribution in [3.8, 4) is 0 Å². The standard InChI is InChI=1S/C29H30ClN3O5S/c30-26-14-13-23(39(36,37)33-17-15-32(16-18-33)22-9-2-1-3-10-22)19-25(26)29(35)38-20-28(34)31-27-12-6-8-21-7-4-5-11-24(21)27/h1-5,7,9-11,13-14,19,27H,6,8,12,15-18,20H2,(H,31,34). The van der Waals surface area contributed by atoms with Crippen LogP contribution < -0.4 is 10.2 Å². The van der Waals surface area contributed by atoms with E-state index in [9.17, 15) is 18.0 Å². The number of nitrogens with zero attached hydrogens (tertiary/aromatic N) is 2. The van der Waals surface area contributed by atoms with Gasteiger partial charge in [0, 0.05) is 31.9 Å². The zero-order chi connectivity index (χ0) is 27.4. The Labute approximate surface area is 233 Å². The van der Waals surface area contributed by atoms with Gasteiger partial charge in [-0.05, 0) is 60.7 Å². The fourth-order valence-corrected chi connectivity index (χ4v) is 6.79. The van der Waals surface area contributed by atoms with Gasteiger partial charge in [-0.2, -0.15) is 4.31 Å². The Hall–Kier alpha value is -3.40. The lowest BCUT2D eigenvalue weighted by Crippen LogP contribution is -2.48. The predicted octanol–water partition coefficient (Wildman–Crippen LogP) is 4.20. The number of carbonyl (C=O) groups is 2. The van der Waals surface area contributed by atoms with Crippen molar-refractivity contribution in [3.05, 3.63) is 94.5 Å². The van der Waals surface area contributed by atoms with Crippen LogP contribution in [-0.4, -0.2) is 57.4 Å². The van der Waals surface area contributed by atoms with Gasteiger partial charge in [-0.15, -0.1) is 0 Å². The fraction of sp³-hybridized carbons (Fsp3) is 0.310. The Bertz CT molecular complexity index is 1460. The van der Waals surface area contributed by atoms with E-state index in [1.54, 1.807) is 0 Å². The average molecular weight is 568 g/mol. The minimum absolute atomic E-state index is 0.0460. The molecule has 1 aliphatic carbocycles. The van der Waals surface area contributed by atoms with E-state index >= 15 is 0 Å². The van der Waals surface area contributed by atoms with E-state index in [2.05, 4.69) is 16.3 Å². The molecule has 0 radical (unpaired) electrons.